The Morgan fingerprint density at radius 2 is 1.65 bits per heavy atom. The summed E-state index contributed by atoms with van der Waals surface area (Å²) < 4.78 is 29.3. The third kappa shape index (κ3) is 5.83. The molecule has 0 bridgehead atoms. The number of carbonyl (C=O) groups excluding carboxylic acids is 1. The molecule has 0 aliphatic carbocycles. The lowest BCUT2D eigenvalue weighted by atomic mass is 10.2. The average Bonchev–Trinajstić information content (AvgIpc) is 3.35. The second-order valence-electron chi connectivity index (χ2n) is 7.66. The Morgan fingerprint density at radius 1 is 0.865 bits per heavy atom. The van der Waals surface area contributed by atoms with Crippen LogP contribution in [0.3, 0.4) is 0 Å². The van der Waals surface area contributed by atoms with Crippen molar-refractivity contribution >= 4 is 11.6 Å². The molecule has 0 saturated heterocycles. The fourth-order valence-corrected chi connectivity index (χ4v) is 3.62. The molecule has 37 heavy (non-hydrogen) atoms. The zero-order chi connectivity index (χ0) is 26.2. The van der Waals surface area contributed by atoms with Gasteiger partial charge in [-0.3, -0.25) is 4.79 Å². The predicted molar refractivity (Wildman–Crippen MR) is 136 cm³/mol. The van der Waals surface area contributed by atoms with E-state index in [0.717, 1.165) is 0 Å². The largest absolute Gasteiger partial charge is 0.497 e. The van der Waals surface area contributed by atoms with Gasteiger partial charge in [0.15, 0.2) is 23.0 Å². The number of hydrogen-bond acceptors (Lipinski definition) is 9. The maximum atomic E-state index is 12.6. The third-order valence-electron chi connectivity index (χ3n) is 5.33. The van der Waals surface area contributed by atoms with Crippen molar-refractivity contribution in [1.29, 1.82) is 0 Å². The van der Waals surface area contributed by atoms with Crippen LogP contribution in [0.15, 0.2) is 48.5 Å². The van der Waals surface area contributed by atoms with Gasteiger partial charge in [0.2, 0.25) is 5.88 Å². The van der Waals surface area contributed by atoms with Gasteiger partial charge in [-0.15, -0.1) is 15.3 Å². The molecular formula is C26H29N5O6. The highest BCUT2D eigenvalue weighted by Gasteiger charge is 2.16. The quantitative estimate of drug-likeness (QED) is 0.288. The summed E-state index contributed by atoms with van der Waals surface area (Å²) in [6.07, 6.45) is 0. The maximum Gasteiger partial charge on any atom is 0.251 e. The van der Waals surface area contributed by atoms with Crippen molar-refractivity contribution in [1.82, 2.24) is 25.1 Å². The molecule has 2 heterocycles. The average molecular weight is 508 g/mol. The second-order valence-corrected chi connectivity index (χ2v) is 7.66. The molecule has 2 aromatic carbocycles. The van der Waals surface area contributed by atoms with Crippen molar-refractivity contribution in [3.05, 3.63) is 54.1 Å². The van der Waals surface area contributed by atoms with E-state index in [1.165, 1.54) is 0 Å². The van der Waals surface area contributed by atoms with E-state index in [1.54, 1.807) is 67.3 Å². The molecular weight excluding hydrogens is 478 g/mol. The Kier molecular flexibility index (Phi) is 8.24. The first-order valence-corrected chi connectivity index (χ1v) is 11.8. The number of fused-ring (bicyclic) bond motifs is 1. The van der Waals surface area contributed by atoms with Gasteiger partial charge in [-0.05, 0) is 56.3 Å². The van der Waals surface area contributed by atoms with E-state index in [1.807, 2.05) is 13.8 Å². The van der Waals surface area contributed by atoms with Crippen LogP contribution in [0.1, 0.15) is 24.2 Å². The number of hydrogen-bond donors (Lipinski definition) is 1. The summed E-state index contributed by atoms with van der Waals surface area (Å²) in [6.45, 7) is 5.22. The van der Waals surface area contributed by atoms with Gasteiger partial charge >= 0.3 is 0 Å². The smallest absolute Gasteiger partial charge is 0.251 e. The van der Waals surface area contributed by atoms with E-state index in [9.17, 15) is 4.79 Å². The van der Waals surface area contributed by atoms with Crippen molar-refractivity contribution in [3.63, 3.8) is 0 Å². The molecule has 4 rings (SSSR count). The number of carbonyl (C=O) groups is 1. The molecule has 11 heteroatoms. The number of rotatable bonds is 12. The number of ether oxygens (including phenoxy) is 5. The molecule has 0 atom stereocenters. The lowest BCUT2D eigenvalue weighted by Gasteiger charge is -2.12. The summed E-state index contributed by atoms with van der Waals surface area (Å²) in [6, 6.07) is 13.9. The standard InChI is InChI=1S/C26H29N5O6/c1-5-35-21-9-7-17(15-22(21)36-6-2)26(32)27-13-14-37-24-12-11-23-28-29-25(31(23)30-24)19-16-18(33-3)8-10-20(19)34-4/h7-12,15-16H,5-6,13-14H2,1-4H3,(H,27,32). The lowest BCUT2D eigenvalue weighted by Crippen LogP contribution is -2.28. The Labute approximate surface area is 214 Å². The molecule has 11 nitrogen and oxygen atoms in total. The topological polar surface area (TPSA) is 118 Å². The maximum absolute atomic E-state index is 12.6. The SMILES string of the molecule is CCOc1ccc(C(=O)NCCOc2ccc3nnc(-c4cc(OC)ccc4OC)n3n2)cc1OCC. The summed E-state index contributed by atoms with van der Waals surface area (Å²) in [5.41, 5.74) is 1.68. The summed E-state index contributed by atoms with van der Waals surface area (Å²) >= 11 is 0. The van der Waals surface area contributed by atoms with Gasteiger partial charge in [-0.25, -0.2) is 0 Å². The highest BCUT2D eigenvalue weighted by Crippen LogP contribution is 2.32. The zero-order valence-corrected chi connectivity index (χ0v) is 21.2. The van der Waals surface area contributed by atoms with Gasteiger partial charge < -0.3 is 29.0 Å². The Bertz CT molecular complexity index is 1370. The molecule has 2 aromatic heterocycles. The van der Waals surface area contributed by atoms with E-state index in [2.05, 4.69) is 20.6 Å². The van der Waals surface area contributed by atoms with Gasteiger partial charge in [-0.2, -0.15) is 4.52 Å². The molecule has 0 radical (unpaired) electrons. The fraction of sp³-hybridized carbons (Fsp3) is 0.308. The predicted octanol–water partition coefficient (Wildman–Crippen LogP) is 3.41. The monoisotopic (exact) mass is 507 g/mol. The van der Waals surface area contributed by atoms with Crippen molar-refractivity contribution in [3.8, 4) is 40.3 Å². The molecule has 1 amide bonds. The zero-order valence-electron chi connectivity index (χ0n) is 21.2. The molecule has 194 valence electrons. The van der Waals surface area contributed by atoms with Crippen LogP contribution >= 0.6 is 0 Å². The number of nitrogens with one attached hydrogen (secondary N) is 1. The van der Waals surface area contributed by atoms with Gasteiger partial charge in [0, 0.05) is 11.6 Å². The fourth-order valence-electron chi connectivity index (χ4n) is 3.62. The number of benzene rings is 2. The molecule has 0 saturated carbocycles. The first kappa shape index (κ1) is 25.5. The van der Waals surface area contributed by atoms with Crippen LogP contribution in [0.2, 0.25) is 0 Å². The molecule has 0 fully saturated rings. The van der Waals surface area contributed by atoms with Crippen molar-refractivity contribution in [2.75, 3.05) is 40.6 Å². The van der Waals surface area contributed by atoms with Crippen LogP contribution < -0.4 is 29.0 Å². The number of aromatic nitrogens is 4. The highest BCUT2D eigenvalue weighted by atomic mass is 16.5. The Morgan fingerprint density at radius 3 is 2.41 bits per heavy atom. The minimum Gasteiger partial charge on any atom is -0.497 e. The van der Waals surface area contributed by atoms with Crippen molar-refractivity contribution in [2.45, 2.75) is 13.8 Å². The van der Waals surface area contributed by atoms with Crippen LogP contribution in [0.4, 0.5) is 0 Å². The molecule has 4 aromatic rings. The third-order valence-corrected chi connectivity index (χ3v) is 5.33. The van der Waals surface area contributed by atoms with Crippen LogP contribution in [0.25, 0.3) is 17.0 Å². The summed E-state index contributed by atoms with van der Waals surface area (Å²) in [5.74, 6) is 2.97. The van der Waals surface area contributed by atoms with Gasteiger partial charge in [0.1, 0.15) is 18.1 Å². The van der Waals surface area contributed by atoms with Gasteiger partial charge in [-0.1, -0.05) is 0 Å². The molecule has 0 aliphatic heterocycles. The molecule has 0 unspecified atom stereocenters. The van der Waals surface area contributed by atoms with E-state index >= 15 is 0 Å². The van der Waals surface area contributed by atoms with E-state index in [4.69, 9.17) is 23.7 Å². The second kappa shape index (κ2) is 11.9. The number of nitrogens with zero attached hydrogens (tertiary/aromatic N) is 4. The minimum absolute atomic E-state index is 0.208. The summed E-state index contributed by atoms with van der Waals surface area (Å²) in [4.78, 5) is 12.6. The van der Waals surface area contributed by atoms with E-state index in [-0.39, 0.29) is 19.1 Å². The van der Waals surface area contributed by atoms with Crippen LogP contribution in [0, 0.1) is 0 Å². The summed E-state index contributed by atoms with van der Waals surface area (Å²) in [5, 5.41) is 15.8. The number of amides is 1. The van der Waals surface area contributed by atoms with E-state index in [0.29, 0.717) is 64.7 Å². The highest BCUT2D eigenvalue weighted by molar-refractivity contribution is 5.94. The normalized spacial score (nSPS) is 10.7. The first-order chi connectivity index (χ1) is 18.1. The van der Waals surface area contributed by atoms with Crippen LogP contribution in [-0.2, 0) is 0 Å². The van der Waals surface area contributed by atoms with Crippen LogP contribution in [-0.4, -0.2) is 66.3 Å². The van der Waals surface area contributed by atoms with Gasteiger partial charge in [0.05, 0.1) is 39.5 Å². The molecule has 0 spiro atoms. The minimum atomic E-state index is -0.248. The summed E-state index contributed by atoms with van der Waals surface area (Å²) in [7, 11) is 3.17. The van der Waals surface area contributed by atoms with Crippen molar-refractivity contribution < 1.29 is 28.5 Å². The van der Waals surface area contributed by atoms with Gasteiger partial charge in [0.25, 0.3) is 5.91 Å². The number of methoxy groups -OCH3 is 2. The van der Waals surface area contributed by atoms with Crippen LogP contribution in [0.5, 0.6) is 28.9 Å². The lowest BCUT2D eigenvalue weighted by molar-refractivity contribution is 0.0946. The molecule has 1 N–H and O–H groups in total. The first-order valence-electron chi connectivity index (χ1n) is 11.8. The Hall–Kier alpha value is -4.54. The Balaban J connectivity index is 1.42. The molecule has 0 aliphatic rings. The van der Waals surface area contributed by atoms with Crippen molar-refractivity contribution in [2.24, 2.45) is 0 Å². The van der Waals surface area contributed by atoms with E-state index < -0.39 is 0 Å².